The second-order valence-corrected chi connectivity index (χ2v) is 17.7. The number of phenols is 2. The van der Waals surface area contributed by atoms with E-state index in [9.17, 15) is 20.1 Å². The summed E-state index contributed by atoms with van der Waals surface area (Å²) >= 11 is 0. The summed E-state index contributed by atoms with van der Waals surface area (Å²) in [4.78, 5) is 13.1. The van der Waals surface area contributed by atoms with Gasteiger partial charge in [-0.25, -0.2) is 0 Å². The molecule has 0 saturated heterocycles. The Balaban J connectivity index is 1.18. The number of esters is 1. The minimum Gasteiger partial charge on any atom is -0.504 e. The summed E-state index contributed by atoms with van der Waals surface area (Å²) in [5.74, 6) is 1.85. The Hall–Kier alpha value is -2.01. The Labute approximate surface area is 265 Å². The third-order valence-corrected chi connectivity index (χ3v) is 14.8. The first-order chi connectivity index (χ1) is 20.5. The van der Waals surface area contributed by atoms with E-state index in [1.807, 2.05) is 0 Å². The first-order valence-corrected chi connectivity index (χ1v) is 17.6. The number of aryl methyl sites for hydroxylation is 1. The van der Waals surface area contributed by atoms with Gasteiger partial charge in [0.25, 0.3) is 0 Å². The van der Waals surface area contributed by atoms with E-state index in [4.69, 9.17) is 4.74 Å². The molecule has 4 fully saturated rings. The highest BCUT2D eigenvalue weighted by Crippen LogP contribution is 2.70. The van der Waals surface area contributed by atoms with Gasteiger partial charge in [0.05, 0.1) is 6.10 Å². The highest BCUT2D eigenvalue weighted by Gasteiger charge is 2.63. The summed E-state index contributed by atoms with van der Waals surface area (Å²) in [6.45, 7) is 17.1. The van der Waals surface area contributed by atoms with E-state index in [-0.39, 0.29) is 57.8 Å². The van der Waals surface area contributed by atoms with Crippen LogP contribution in [0, 0.1) is 50.7 Å². The number of benzene rings is 1. The van der Waals surface area contributed by atoms with Crippen LogP contribution >= 0.6 is 0 Å². The van der Waals surface area contributed by atoms with Crippen molar-refractivity contribution >= 4 is 5.97 Å². The number of aromatic hydroxyl groups is 2. The highest BCUT2D eigenvalue weighted by molar-refractivity contribution is 5.70. The van der Waals surface area contributed by atoms with Gasteiger partial charge in [-0.05, 0) is 134 Å². The van der Waals surface area contributed by atoms with E-state index in [0.717, 1.165) is 37.7 Å². The highest BCUT2D eigenvalue weighted by atomic mass is 16.5. The maximum Gasteiger partial charge on any atom is 0.306 e. The molecular weight excluding hydrogens is 548 g/mol. The zero-order valence-electron chi connectivity index (χ0n) is 28.4. The van der Waals surface area contributed by atoms with Gasteiger partial charge < -0.3 is 20.1 Å². The normalized spacial score (nSPS) is 42.4. The molecule has 1 aromatic rings. The molecule has 5 aliphatic rings. The molecule has 0 amide bonds. The number of allylic oxidation sites excluding steroid dienone is 2. The van der Waals surface area contributed by atoms with Gasteiger partial charge in [-0.2, -0.15) is 0 Å². The lowest BCUT2D eigenvalue weighted by atomic mass is 9.42. The summed E-state index contributed by atoms with van der Waals surface area (Å²) < 4.78 is 6.26. The number of phenolic OH excluding ortho intramolecular Hbond substituents is 2. The molecule has 0 bridgehead atoms. The number of rotatable bonds is 4. The lowest BCUT2D eigenvalue weighted by Crippen LogP contribution is -2.59. The second kappa shape index (κ2) is 10.8. The first-order valence-electron chi connectivity index (χ1n) is 17.6. The third-order valence-electron chi connectivity index (χ3n) is 14.8. The van der Waals surface area contributed by atoms with Gasteiger partial charge in [-0.15, -0.1) is 0 Å². The number of hydrogen-bond donors (Lipinski definition) is 3. The minimum atomic E-state index is -0.200. The van der Waals surface area contributed by atoms with Gasteiger partial charge in [0.2, 0.25) is 0 Å². The Morgan fingerprint density at radius 2 is 1.55 bits per heavy atom. The van der Waals surface area contributed by atoms with Crippen LogP contribution in [0.15, 0.2) is 29.8 Å². The molecule has 0 heterocycles. The van der Waals surface area contributed by atoms with Crippen LogP contribution < -0.4 is 0 Å². The van der Waals surface area contributed by atoms with Crippen LogP contribution in [0.3, 0.4) is 0 Å². The fourth-order valence-corrected chi connectivity index (χ4v) is 12.3. The molecule has 0 radical (unpaired) electrons. The molecule has 0 spiro atoms. The molecule has 44 heavy (non-hydrogen) atoms. The van der Waals surface area contributed by atoms with Crippen LogP contribution in [0.1, 0.15) is 125 Å². The maximum absolute atomic E-state index is 13.1. The van der Waals surface area contributed by atoms with Gasteiger partial charge in [0, 0.05) is 11.8 Å². The number of aliphatic hydroxyl groups excluding tert-OH is 1. The third kappa shape index (κ3) is 4.94. The van der Waals surface area contributed by atoms with Gasteiger partial charge in [0.15, 0.2) is 11.5 Å². The van der Waals surface area contributed by atoms with Gasteiger partial charge >= 0.3 is 5.97 Å². The fourth-order valence-electron chi connectivity index (χ4n) is 12.3. The standard InChI is InChI=1S/C39H58O5/c1-35(2)29-13-10-25-23-37(5)19-16-30-36(3,4)33(44-34(43)15-9-24-8-12-27(40)28(41)22-24)18-21-39(30,7)31(37)14-11-26(25)38(29,6)20-17-32(35)42/h8,10,12,22,26,29-33,40-42H,9,11,13-21,23H2,1-7H3/t26-,29-,30+,31+,32-,33-,37-,38+,39-/m0/s1. The molecule has 1 aromatic carbocycles. The van der Waals surface area contributed by atoms with Crippen LogP contribution in [0.5, 0.6) is 11.5 Å². The number of carbonyl (C=O) groups excluding carboxylic acids is 1. The second-order valence-electron chi connectivity index (χ2n) is 17.7. The van der Waals surface area contributed by atoms with Gasteiger partial charge in [0.1, 0.15) is 6.10 Å². The van der Waals surface area contributed by atoms with E-state index in [1.54, 1.807) is 11.6 Å². The Kier molecular flexibility index (Phi) is 7.83. The monoisotopic (exact) mass is 606 g/mol. The Bertz CT molecular complexity index is 1310. The van der Waals surface area contributed by atoms with Gasteiger partial charge in [-0.1, -0.05) is 66.2 Å². The predicted octanol–water partition coefficient (Wildman–Crippen LogP) is 8.73. The lowest BCUT2D eigenvalue weighted by molar-refractivity contribution is -0.193. The van der Waals surface area contributed by atoms with E-state index in [0.29, 0.717) is 35.5 Å². The SMILES string of the molecule is CC1(C)[C@@H](OC(=O)CCc2ccc(O)c(O)c2)CC[C@@]2(C)[C@@H]1CC[C@@]1(C)CC3=CC[C@H]4C(C)(C)[C@@H](O)CC[C@]4(C)[C@H]3CC[C@H]12. The van der Waals surface area contributed by atoms with Crippen molar-refractivity contribution in [2.45, 2.75) is 138 Å². The summed E-state index contributed by atoms with van der Waals surface area (Å²) in [6.07, 6.45) is 14.5. The first kappa shape index (κ1) is 32.0. The molecule has 0 aromatic heterocycles. The van der Waals surface area contributed by atoms with Crippen molar-refractivity contribution in [1.29, 1.82) is 0 Å². The quantitative estimate of drug-likeness (QED) is 0.181. The zero-order chi connectivity index (χ0) is 31.9. The topological polar surface area (TPSA) is 87.0 Å². The largest absolute Gasteiger partial charge is 0.504 e. The van der Waals surface area contributed by atoms with Crippen molar-refractivity contribution in [1.82, 2.24) is 0 Å². The average molecular weight is 607 g/mol. The van der Waals surface area contributed by atoms with Crippen LogP contribution in [0.2, 0.25) is 0 Å². The zero-order valence-corrected chi connectivity index (χ0v) is 28.4. The van der Waals surface area contributed by atoms with Crippen LogP contribution in [-0.2, 0) is 16.0 Å². The molecule has 5 aliphatic carbocycles. The lowest BCUT2D eigenvalue weighted by Gasteiger charge is -2.64. The minimum absolute atomic E-state index is 0.0409. The summed E-state index contributed by atoms with van der Waals surface area (Å²) in [5.41, 5.74) is 3.19. The molecule has 244 valence electrons. The van der Waals surface area contributed by atoms with Crippen LogP contribution in [-0.4, -0.2) is 33.5 Å². The smallest absolute Gasteiger partial charge is 0.306 e. The maximum atomic E-state index is 13.1. The van der Waals surface area contributed by atoms with Crippen molar-refractivity contribution in [3.05, 3.63) is 35.4 Å². The van der Waals surface area contributed by atoms with E-state index >= 15 is 0 Å². The van der Waals surface area contributed by atoms with Gasteiger partial charge in [-0.3, -0.25) is 4.79 Å². The van der Waals surface area contributed by atoms with Crippen molar-refractivity contribution in [3.8, 4) is 11.5 Å². The molecule has 0 unspecified atom stereocenters. The van der Waals surface area contributed by atoms with Crippen LogP contribution in [0.25, 0.3) is 0 Å². The number of carbonyl (C=O) groups is 1. The van der Waals surface area contributed by atoms with Crippen molar-refractivity contribution in [3.63, 3.8) is 0 Å². The van der Waals surface area contributed by atoms with Crippen molar-refractivity contribution in [2.75, 3.05) is 0 Å². The molecule has 4 saturated carbocycles. The number of aliphatic hydroxyl groups is 1. The Morgan fingerprint density at radius 1 is 0.818 bits per heavy atom. The number of hydrogen-bond acceptors (Lipinski definition) is 5. The van der Waals surface area contributed by atoms with Crippen molar-refractivity contribution in [2.24, 2.45) is 50.7 Å². The van der Waals surface area contributed by atoms with E-state index in [1.165, 1.54) is 44.2 Å². The molecule has 9 atom stereocenters. The molecule has 5 heteroatoms. The molecule has 3 N–H and O–H groups in total. The van der Waals surface area contributed by atoms with Crippen molar-refractivity contribution < 1.29 is 24.9 Å². The van der Waals surface area contributed by atoms with E-state index < -0.39 is 0 Å². The molecule has 0 aliphatic heterocycles. The molecule has 5 nitrogen and oxygen atoms in total. The summed E-state index contributed by atoms with van der Waals surface area (Å²) in [7, 11) is 0. The van der Waals surface area contributed by atoms with Crippen LogP contribution in [0.4, 0.5) is 0 Å². The molecular formula is C39H58O5. The average Bonchev–Trinajstić information content (AvgIpc) is 3.10. The fraction of sp³-hybridized carbons (Fsp3) is 0.769. The summed E-state index contributed by atoms with van der Waals surface area (Å²) in [5, 5.41) is 30.4. The number of ether oxygens (including phenoxy) is 1. The number of fused-ring (bicyclic) bond motifs is 6. The Morgan fingerprint density at radius 3 is 2.27 bits per heavy atom. The van der Waals surface area contributed by atoms with E-state index in [2.05, 4.69) is 54.5 Å². The summed E-state index contributed by atoms with van der Waals surface area (Å²) in [6, 6.07) is 4.74. The molecule has 6 rings (SSSR count). The predicted molar refractivity (Wildman–Crippen MR) is 174 cm³/mol.